The van der Waals surface area contributed by atoms with Crippen LogP contribution in [0.4, 0.5) is 0 Å². The Bertz CT molecular complexity index is 1170. The van der Waals surface area contributed by atoms with Crippen molar-refractivity contribution >= 4 is 5.97 Å². The fraction of sp³-hybridized carbons (Fsp3) is 0.367. The van der Waals surface area contributed by atoms with Crippen LogP contribution in [-0.4, -0.2) is 28.9 Å². The van der Waals surface area contributed by atoms with Gasteiger partial charge in [-0.3, -0.25) is 0 Å². The number of aliphatic hydroxyl groups excluding tert-OH is 1. The minimum atomic E-state index is -1.06. The molecule has 0 spiro atoms. The molecule has 0 bridgehead atoms. The number of benzene rings is 3. The number of carboxylic acids is 1. The molecule has 3 rings (SSSR count). The van der Waals surface area contributed by atoms with E-state index >= 15 is 0 Å². The fourth-order valence-electron chi connectivity index (χ4n) is 4.05. The second kappa shape index (κ2) is 11.0. The quantitative estimate of drug-likeness (QED) is 0.424. The number of hydrogen-bond donors (Lipinski definition) is 2. The number of aliphatic hydroxyl groups is 1. The lowest BCUT2D eigenvalue weighted by atomic mass is 9.85. The number of ether oxygens (including phenoxy) is 1. The van der Waals surface area contributed by atoms with Gasteiger partial charge in [0.05, 0.1) is 5.60 Å². The van der Waals surface area contributed by atoms with Gasteiger partial charge in [0, 0.05) is 12.7 Å². The van der Waals surface area contributed by atoms with Gasteiger partial charge in [-0.2, -0.15) is 0 Å². The van der Waals surface area contributed by atoms with Crippen LogP contribution in [0, 0.1) is 34.6 Å². The Labute approximate surface area is 204 Å². The minimum Gasteiger partial charge on any atom is -0.479 e. The van der Waals surface area contributed by atoms with Crippen LogP contribution in [0.25, 0.3) is 22.3 Å². The number of rotatable bonds is 5. The fourth-order valence-corrected chi connectivity index (χ4v) is 4.05. The standard InChI is InChI=1S/C29H34O3.CH4O/c1-17-9-11-22(15-19(17)3)24-13-14-25(27(28(30)31)32-29(6,7)8)26(21(24)5)23-12-10-18(2)20(4)16-23;1-2/h9-16,27H,1-8H3,(H,30,31);2H,1H3. The lowest BCUT2D eigenvalue weighted by molar-refractivity contribution is -0.160. The molecular weight excluding hydrogens is 424 g/mol. The number of carbonyl (C=O) groups is 1. The van der Waals surface area contributed by atoms with Crippen molar-refractivity contribution in [1.29, 1.82) is 0 Å². The van der Waals surface area contributed by atoms with E-state index in [1.807, 2.05) is 32.9 Å². The van der Waals surface area contributed by atoms with E-state index in [-0.39, 0.29) is 0 Å². The Kier molecular flexibility index (Phi) is 8.82. The molecule has 0 heterocycles. The van der Waals surface area contributed by atoms with Crippen molar-refractivity contribution in [2.24, 2.45) is 0 Å². The molecular formula is C30H38O4. The van der Waals surface area contributed by atoms with Gasteiger partial charge >= 0.3 is 5.97 Å². The minimum absolute atomic E-state index is 0.593. The smallest absolute Gasteiger partial charge is 0.337 e. The zero-order chi connectivity index (χ0) is 25.8. The predicted molar refractivity (Wildman–Crippen MR) is 140 cm³/mol. The first-order valence-corrected chi connectivity index (χ1v) is 11.5. The summed E-state index contributed by atoms with van der Waals surface area (Å²) in [5.74, 6) is -0.983. The molecule has 1 unspecified atom stereocenters. The predicted octanol–water partition coefficient (Wildman–Crippen LogP) is 7.11. The third-order valence-corrected chi connectivity index (χ3v) is 6.09. The third-order valence-electron chi connectivity index (χ3n) is 6.09. The van der Waals surface area contributed by atoms with Gasteiger partial charge < -0.3 is 14.9 Å². The Morgan fingerprint density at radius 2 is 1.26 bits per heavy atom. The van der Waals surface area contributed by atoms with Gasteiger partial charge in [0.25, 0.3) is 0 Å². The summed E-state index contributed by atoms with van der Waals surface area (Å²) in [5, 5.41) is 17.1. The van der Waals surface area contributed by atoms with Crippen molar-refractivity contribution in [2.75, 3.05) is 7.11 Å². The second-order valence-electron chi connectivity index (χ2n) is 9.75. The van der Waals surface area contributed by atoms with E-state index in [0.717, 1.165) is 34.9 Å². The van der Waals surface area contributed by atoms with Gasteiger partial charge in [0.2, 0.25) is 0 Å². The molecule has 0 aliphatic rings. The van der Waals surface area contributed by atoms with Crippen LogP contribution in [0.5, 0.6) is 0 Å². The van der Waals surface area contributed by atoms with Crippen LogP contribution in [0.2, 0.25) is 0 Å². The van der Waals surface area contributed by atoms with Crippen LogP contribution in [-0.2, 0) is 9.53 Å². The van der Waals surface area contributed by atoms with Gasteiger partial charge in [0.1, 0.15) is 0 Å². The molecule has 0 aliphatic heterocycles. The zero-order valence-electron chi connectivity index (χ0n) is 21.9. The number of aliphatic carboxylic acids is 1. The molecule has 3 aromatic carbocycles. The van der Waals surface area contributed by atoms with E-state index in [1.165, 1.54) is 22.3 Å². The van der Waals surface area contributed by atoms with Gasteiger partial charge in [-0.05, 0) is 105 Å². The molecule has 0 aromatic heterocycles. The first-order chi connectivity index (χ1) is 15.9. The van der Waals surface area contributed by atoms with E-state index in [1.54, 1.807) is 0 Å². The molecule has 34 heavy (non-hydrogen) atoms. The van der Waals surface area contributed by atoms with Crippen molar-refractivity contribution in [1.82, 2.24) is 0 Å². The molecule has 3 aromatic rings. The lowest BCUT2D eigenvalue weighted by Crippen LogP contribution is -2.27. The van der Waals surface area contributed by atoms with E-state index in [2.05, 4.69) is 71.0 Å². The second-order valence-corrected chi connectivity index (χ2v) is 9.75. The topological polar surface area (TPSA) is 66.8 Å². The molecule has 0 saturated heterocycles. The zero-order valence-corrected chi connectivity index (χ0v) is 21.9. The van der Waals surface area contributed by atoms with E-state index in [9.17, 15) is 9.90 Å². The van der Waals surface area contributed by atoms with Crippen molar-refractivity contribution in [3.05, 3.63) is 81.9 Å². The van der Waals surface area contributed by atoms with Gasteiger partial charge in [-0.15, -0.1) is 0 Å². The first kappa shape index (κ1) is 27.3. The molecule has 0 fully saturated rings. The summed E-state index contributed by atoms with van der Waals surface area (Å²) in [6, 6.07) is 16.7. The molecule has 4 heteroatoms. The van der Waals surface area contributed by atoms with Crippen LogP contribution < -0.4 is 0 Å². The Morgan fingerprint density at radius 1 is 0.765 bits per heavy atom. The van der Waals surface area contributed by atoms with Gasteiger partial charge in [0.15, 0.2) is 6.10 Å². The van der Waals surface area contributed by atoms with Crippen LogP contribution in [0.1, 0.15) is 60.3 Å². The summed E-state index contributed by atoms with van der Waals surface area (Å²) in [5.41, 5.74) is 10.2. The molecule has 0 amide bonds. The summed E-state index contributed by atoms with van der Waals surface area (Å²) in [6.07, 6.45) is -1.06. The maximum atomic E-state index is 12.3. The SMILES string of the molecule is CO.Cc1ccc(-c2ccc(C(OC(C)(C)C)C(=O)O)c(-c3ccc(C)c(C)c3)c2C)cc1C. The van der Waals surface area contributed by atoms with Crippen molar-refractivity contribution in [2.45, 2.75) is 67.1 Å². The summed E-state index contributed by atoms with van der Waals surface area (Å²) in [4.78, 5) is 12.3. The van der Waals surface area contributed by atoms with Crippen LogP contribution in [0.3, 0.4) is 0 Å². The Hall–Kier alpha value is -2.95. The number of carboxylic acid groups (broad SMARTS) is 1. The summed E-state index contributed by atoms with van der Waals surface area (Å²) in [7, 11) is 1.00. The van der Waals surface area contributed by atoms with E-state index in [4.69, 9.17) is 9.84 Å². The van der Waals surface area contributed by atoms with E-state index in [0.29, 0.717) is 5.56 Å². The molecule has 0 radical (unpaired) electrons. The molecule has 0 saturated carbocycles. The normalized spacial score (nSPS) is 12.1. The van der Waals surface area contributed by atoms with Gasteiger partial charge in [-0.25, -0.2) is 4.79 Å². The highest BCUT2D eigenvalue weighted by Crippen LogP contribution is 2.40. The highest BCUT2D eigenvalue weighted by atomic mass is 16.5. The molecule has 2 N–H and O–H groups in total. The maximum Gasteiger partial charge on any atom is 0.337 e. The molecule has 4 nitrogen and oxygen atoms in total. The summed E-state index contributed by atoms with van der Waals surface area (Å²) in [6.45, 7) is 16.1. The molecule has 182 valence electrons. The lowest BCUT2D eigenvalue weighted by Gasteiger charge is -2.28. The summed E-state index contributed by atoms with van der Waals surface area (Å²) >= 11 is 0. The molecule has 1 atom stereocenters. The summed E-state index contributed by atoms with van der Waals surface area (Å²) < 4.78 is 6.04. The van der Waals surface area contributed by atoms with Crippen molar-refractivity contribution < 1.29 is 19.7 Å². The third kappa shape index (κ3) is 6.13. The Morgan fingerprint density at radius 3 is 1.74 bits per heavy atom. The average molecular weight is 463 g/mol. The first-order valence-electron chi connectivity index (χ1n) is 11.5. The monoisotopic (exact) mass is 462 g/mol. The largest absolute Gasteiger partial charge is 0.479 e. The highest BCUT2D eigenvalue weighted by Gasteiger charge is 2.30. The van der Waals surface area contributed by atoms with Crippen molar-refractivity contribution in [3.63, 3.8) is 0 Å². The number of hydrogen-bond acceptors (Lipinski definition) is 3. The van der Waals surface area contributed by atoms with Crippen LogP contribution >= 0.6 is 0 Å². The van der Waals surface area contributed by atoms with Crippen LogP contribution in [0.15, 0.2) is 48.5 Å². The number of aryl methyl sites for hydroxylation is 4. The average Bonchev–Trinajstić information content (AvgIpc) is 2.76. The molecule has 0 aliphatic carbocycles. The van der Waals surface area contributed by atoms with Gasteiger partial charge in [-0.1, -0.05) is 48.5 Å². The Balaban J connectivity index is 0.00000199. The highest BCUT2D eigenvalue weighted by molar-refractivity contribution is 5.86. The maximum absolute atomic E-state index is 12.3. The van der Waals surface area contributed by atoms with Crippen molar-refractivity contribution in [3.8, 4) is 22.3 Å². The van der Waals surface area contributed by atoms with E-state index < -0.39 is 17.7 Å².